The normalized spacial score (nSPS) is 12.7. The van der Waals surface area contributed by atoms with Gasteiger partial charge in [-0.15, -0.1) is 6.42 Å². The second kappa shape index (κ2) is 7.97. The van der Waals surface area contributed by atoms with Gasteiger partial charge >= 0.3 is 5.97 Å². The fourth-order valence-corrected chi connectivity index (χ4v) is 5.15. The quantitative estimate of drug-likeness (QED) is 0.704. The molecule has 0 saturated carbocycles. The van der Waals surface area contributed by atoms with Gasteiger partial charge in [-0.3, -0.25) is 9.10 Å². The summed E-state index contributed by atoms with van der Waals surface area (Å²) < 4.78 is 28.2. The zero-order valence-electron chi connectivity index (χ0n) is 15.8. The molecule has 3 rings (SSSR count). The van der Waals surface area contributed by atoms with Crippen molar-refractivity contribution in [2.24, 2.45) is 0 Å². The molecule has 0 fully saturated rings. The van der Waals surface area contributed by atoms with Crippen LogP contribution in [0.2, 0.25) is 0 Å². The zero-order valence-corrected chi connectivity index (χ0v) is 16.6. The van der Waals surface area contributed by atoms with Crippen molar-refractivity contribution >= 4 is 27.6 Å². The van der Waals surface area contributed by atoms with Crippen LogP contribution in [-0.2, 0) is 27.7 Å². The Labute approximate surface area is 169 Å². The first-order valence-electron chi connectivity index (χ1n) is 8.97. The predicted octanol–water partition coefficient (Wildman–Crippen LogP) is 1.80. The highest BCUT2D eigenvalue weighted by atomic mass is 32.2. The third-order valence-corrected chi connectivity index (χ3v) is 6.70. The molecular weight excluding hydrogens is 392 g/mol. The van der Waals surface area contributed by atoms with E-state index in [-0.39, 0.29) is 16.1 Å². The first-order chi connectivity index (χ1) is 13.8. The number of nitrogens with one attached hydrogen (secondary N) is 1. The summed E-state index contributed by atoms with van der Waals surface area (Å²) in [4.78, 5) is 23.5. The van der Waals surface area contributed by atoms with Crippen LogP contribution in [0.5, 0.6) is 0 Å². The Morgan fingerprint density at radius 3 is 2.66 bits per heavy atom. The minimum atomic E-state index is -4.22. The van der Waals surface area contributed by atoms with E-state index < -0.39 is 28.4 Å². The number of hydrogen-bond acceptors (Lipinski definition) is 4. The summed E-state index contributed by atoms with van der Waals surface area (Å²) in [6.45, 7) is -0.459. The number of likely N-dealkylation sites (N-methyl/N-ethyl adjacent to an activating group) is 1. The molecule has 29 heavy (non-hydrogen) atoms. The first kappa shape index (κ1) is 20.4. The molecule has 7 nitrogen and oxygen atoms in total. The molecule has 1 aliphatic carbocycles. The number of carbonyl (C=O) groups excluding carboxylic acids is 1. The molecule has 1 amide bonds. The monoisotopic (exact) mass is 412 g/mol. The molecule has 2 aromatic carbocycles. The highest BCUT2D eigenvalue weighted by Crippen LogP contribution is 2.33. The van der Waals surface area contributed by atoms with Crippen molar-refractivity contribution < 1.29 is 23.1 Å². The lowest BCUT2D eigenvalue weighted by atomic mass is 10.1. The number of rotatable bonds is 6. The van der Waals surface area contributed by atoms with Gasteiger partial charge in [0.1, 0.15) is 6.54 Å². The van der Waals surface area contributed by atoms with Crippen LogP contribution >= 0.6 is 0 Å². The van der Waals surface area contributed by atoms with Gasteiger partial charge < -0.3 is 10.4 Å². The Bertz CT molecular complexity index is 1130. The fourth-order valence-electron chi connectivity index (χ4n) is 3.41. The number of terminal acetylenes is 1. The van der Waals surface area contributed by atoms with Crippen LogP contribution in [0.15, 0.2) is 41.3 Å². The average Bonchev–Trinajstić information content (AvgIpc) is 3.19. The Morgan fingerprint density at radius 2 is 2.00 bits per heavy atom. The minimum absolute atomic E-state index is 0.0834. The van der Waals surface area contributed by atoms with E-state index in [0.29, 0.717) is 29.5 Å². The van der Waals surface area contributed by atoms with E-state index in [1.807, 2.05) is 0 Å². The van der Waals surface area contributed by atoms with E-state index >= 15 is 0 Å². The molecule has 0 saturated heterocycles. The van der Waals surface area contributed by atoms with Crippen molar-refractivity contribution in [1.29, 1.82) is 0 Å². The number of anilines is 1. The SMILES string of the molecule is C#Cc1cccc(N(CC(=O)NC)S(=O)(=O)c2cc(C(=O)O)cc3c2CCC3)c1. The average molecular weight is 412 g/mol. The van der Waals surface area contributed by atoms with Crippen molar-refractivity contribution in [1.82, 2.24) is 5.32 Å². The van der Waals surface area contributed by atoms with E-state index in [4.69, 9.17) is 6.42 Å². The molecule has 0 spiro atoms. The zero-order chi connectivity index (χ0) is 21.2. The minimum Gasteiger partial charge on any atom is -0.478 e. The number of fused-ring (bicyclic) bond motifs is 1. The van der Waals surface area contributed by atoms with E-state index in [9.17, 15) is 23.1 Å². The molecule has 0 aromatic heterocycles. The topological polar surface area (TPSA) is 104 Å². The Hall–Kier alpha value is -3.31. The van der Waals surface area contributed by atoms with Crippen molar-refractivity contribution in [3.05, 3.63) is 58.7 Å². The molecule has 1 aliphatic rings. The van der Waals surface area contributed by atoms with Crippen molar-refractivity contribution in [2.75, 3.05) is 17.9 Å². The third-order valence-electron chi connectivity index (χ3n) is 4.86. The van der Waals surface area contributed by atoms with Crippen LogP contribution in [0.4, 0.5) is 5.69 Å². The van der Waals surface area contributed by atoms with Gasteiger partial charge in [0.15, 0.2) is 0 Å². The van der Waals surface area contributed by atoms with Crippen molar-refractivity contribution in [2.45, 2.75) is 24.2 Å². The van der Waals surface area contributed by atoms with E-state index in [1.165, 1.54) is 25.2 Å². The fraction of sp³-hybridized carbons (Fsp3) is 0.238. The molecule has 2 aromatic rings. The Morgan fingerprint density at radius 1 is 1.24 bits per heavy atom. The maximum Gasteiger partial charge on any atom is 0.335 e. The summed E-state index contributed by atoms with van der Waals surface area (Å²) in [5.74, 6) is 0.733. The van der Waals surface area contributed by atoms with Gasteiger partial charge in [0.25, 0.3) is 10.0 Å². The molecule has 0 aliphatic heterocycles. The predicted molar refractivity (Wildman–Crippen MR) is 108 cm³/mol. The number of hydrogen-bond donors (Lipinski definition) is 2. The molecule has 8 heteroatoms. The van der Waals surface area contributed by atoms with Gasteiger partial charge in [0.05, 0.1) is 16.1 Å². The Balaban J connectivity index is 2.21. The van der Waals surface area contributed by atoms with Crippen LogP contribution in [0, 0.1) is 12.3 Å². The second-order valence-corrected chi connectivity index (χ2v) is 8.48. The van der Waals surface area contributed by atoms with Gasteiger partial charge in [-0.05, 0) is 60.7 Å². The maximum absolute atomic E-state index is 13.6. The number of nitrogens with zero attached hydrogens (tertiary/aromatic N) is 1. The number of carboxylic acids is 1. The largest absolute Gasteiger partial charge is 0.478 e. The lowest BCUT2D eigenvalue weighted by Gasteiger charge is -2.25. The summed E-state index contributed by atoms with van der Waals surface area (Å²) in [6, 6.07) is 8.99. The molecule has 0 radical (unpaired) electrons. The van der Waals surface area contributed by atoms with Crippen molar-refractivity contribution in [3.8, 4) is 12.3 Å². The Kier molecular flexibility index (Phi) is 5.62. The van der Waals surface area contributed by atoms with Crippen LogP contribution < -0.4 is 9.62 Å². The summed E-state index contributed by atoms with van der Waals surface area (Å²) in [7, 11) is -2.81. The van der Waals surface area contributed by atoms with Gasteiger partial charge in [-0.2, -0.15) is 0 Å². The summed E-state index contributed by atoms with van der Waals surface area (Å²) in [5.41, 5.74) is 1.91. The van der Waals surface area contributed by atoms with Gasteiger partial charge in [-0.25, -0.2) is 13.2 Å². The van der Waals surface area contributed by atoms with Gasteiger partial charge in [0.2, 0.25) is 5.91 Å². The smallest absolute Gasteiger partial charge is 0.335 e. The molecule has 0 heterocycles. The van der Waals surface area contributed by atoms with E-state index in [1.54, 1.807) is 18.2 Å². The highest BCUT2D eigenvalue weighted by Gasteiger charge is 2.32. The molecule has 150 valence electrons. The molecule has 0 atom stereocenters. The van der Waals surface area contributed by atoms with Gasteiger partial charge in [0, 0.05) is 12.6 Å². The summed E-state index contributed by atoms with van der Waals surface area (Å²) in [5, 5.41) is 11.8. The second-order valence-electron chi connectivity index (χ2n) is 6.65. The number of benzene rings is 2. The third kappa shape index (κ3) is 3.96. The van der Waals surface area contributed by atoms with Crippen LogP contribution in [0.1, 0.15) is 33.5 Å². The number of carbonyl (C=O) groups is 2. The maximum atomic E-state index is 13.6. The molecule has 0 bridgehead atoms. The van der Waals surface area contributed by atoms with Crippen LogP contribution in [0.25, 0.3) is 0 Å². The van der Waals surface area contributed by atoms with E-state index in [0.717, 1.165) is 10.7 Å². The number of amides is 1. The highest BCUT2D eigenvalue weighted by molar-refractivity contribution is 7.93. The van der Waals surface area contributed by atoms with E-state index in [2.05, 4.69) is 11.2 Å². The molecule has 2 N–H and O–H groups in total. The number of sulfonamides is 1. The summed E-state index contributed by atoms with van der Waals surface area (Å²) in [6.07, 6.45) is 7.31. The number of carboxylic acid groups (broad SMARTS) is 1. The molecule has 0 unspecified atom stereocenters. The standard InChI is InChI=1S/C21H20N2O5S/c1-3-14-6-4-8-17(10-14)23(13-20(24)22-2)29(27,28)19-12-16(21(25)26)11-15-7-5-9-18(15)19/h1,4,6,8,10-12H,5,7,9,13H2,2H3,(H,22,24)(H,25,26). The van der Waals surface area contributed by atoms with Crippen LogP contribution in [0.3, 0.4) is 0 Å². The molecular formula is C21H20N2O5S. The van der Waals surface area contributed by atoms with Crippen LogP contribution in [-0.4, -0.2) is 39.0 Å². The first-order valence-corrected chi connectivity index (χ1v) is 10.4. The number of aromatic carboxylic acids is 1. The summed E-state index contributed by atoms with van der Waals surface area (Å²) >= 11 is 0. The lowest BCUT2D eigenvalue weighted by molar-refractivity contribution is -0.119. The lowest BCUT2D eigenvalue weighted by Crippen LogP contribution is -2.40. The van der Waals surface area contributed by atoms with Crippen molar-refractivity contribution in [3.63, 3.8) is 0 Å². The van der Waals surface area contributed by atoms with Gasteiger partial charge in [-0.1, -0.05) is 12.0 Å². The number of aryl methyl sites for hydroxylation is 1.